The largest absolute Gasteiger partial charge is 0.353 e. The molecule has 0 saturated heterocycles. The molecule has 0 radical (unpaired) electrons. The summed E-state index contributed by atoms with van der Waals surface area (Å²) in [5, 5.41) is 3.10. The first kappa shape index (κ1) is 15.8. The lowest BCUT2D eigenvalue weighted by molar-refractivity contribution is -0.127. The summed E-state index contributed by atoms with van der Waals surface area (Å²) in [5.74, 6) is 0.0579. The zero-order valence-corrected chi connectivity index (χ0v) is 12.9. The Hall–Kier alpha value is -0.220. The van der Waals surface area contributed by atoms with Crippen LogP contribution < -0.4 is 11.1 Å². The lowest BCUT2D eigenvalue weighted by Crippen LogP contribution is -2.57. The van der Waals surface area contributed by atoms with Crippen LogP contribution in [0.1, 0.15) is 58.8 Å². The van der Waals surface area contributed by atoms with Gasteiger partial charge in [-0.15, -0.1) is 0 Å². The van der Waals surface area contributed by atoms with E-state index >= 15 is 0 Å². The molecule has 0 heterocycles. The average Bonchev–Trinajstić information content (AvgIpc) is 2.41. The average molecular weight is 272 g/mol. The van der Waals surface area contributed by atoms with Gasteiger partial charge in [0.2, 0.25) is 5.91 Å². The maximum Gasteiger partial charge on any atom is 0.240 e. The highest BCUT2D eigenvalue weighted by atomic mass is 32.2. The van der Waals surface area contributed by atoms with Crippen molar-refractivity contribution in [3.63, 3.8) is 0 Å². The normalized spacial score (nSPS) is 19.6. The summed E-state index contributed by atoms with van der Waals surface area (Å²) in [5.41, 5.74) is 5.63. The molecule has 3 N–H and O–H groups in total. The fraction of sp³-hybridized carbons (Fsp3) is 0.929. The Bertz CT molecular complexity index is 263. The summed E-state index contributed by atoms with van der Waals surface area (Å²) in [7, 11) is 0. The Morgan fingerprint density at radius 2 is 1.83 bits per heavy atom. The number of nitrogens with two attached hydrogens (primary N) is 1. The highest BCUT2D eigenvalue weighted by Gasteiger charge is 2.36. The molecule has 106 valence electrons. The Morgan fingerprint density at radius 3 is 2.28 bits per heavy atom. The van der Waals surface area contributed by atoms with Crippen LogP contribution in [0.4, 0.5) is 0 Å². The Kier molecular flexibility index (Phi) is 5.99. The van der Waals surface area contributed by atoms with Crippen molar-refractivity contribution in [1.82, 2.24) is 5.32 Å². The highest BCUT2D eigenvalue weighted by molar-refractivity contribution is 8.00. The minimum absolute atomic E-state index is 0.0579. The second-order valence-electron chi connectivity index (χ2n) is 5.49. The topological polar surface area (TPSA) is 55.1 Å². The van der Waals surface area contributed by atoms with E-state index in [0.29, 0.717) is 0 Å². The Morgan fingerprint density at radius 1 is 1.28 bits per heavy atom. The first-order valence-corrected chi connectivity index (χ1v) is 8.37. The van der Waals surface area contributed by atoms with Crippen molar-refractivity contribution in [2.45, 2.75) is 69.1 Å². The number of amides is 1. The molecule has 0 unspecified atom stereocenters. The van der Waals surface area contributed by atoms with E-state index in [1.165, 1.54) is 6.42 Å². The maximum absolute atomic E-state index is 12.3. The third-order valence-electron chi connectivity index (χ3n) is 4.49. The zero-order chi connectivity index (χ0) is 13.6. The van der Waals surface area contributed by atoms with Crippen molar-refractivity contribution < 1.29 is 4.79 Å². The third kappa shape index (κ3) is 3.64. The van der Waals surface area contributed by atoms with E-state index in [-0.39, 0.29) is 10.7 Å². The van der Waals surface area contributed by atoms with E-state index in [1.807, 2.05) is 11.8 Å². The van der Waals surface area contributed by atoms with Gasteiger partial charge in [0, 0.05) is 11.3 Å². The van der Waals surface area contributed by atoms with E-state index in [0.717, 1.165) is 45.1 Å². The summed E-state index contributed by atoms with van der Waals surface area (Å²) in [6, 6.07) is 0. The fourth-order valence-electron chi connectivity index (χ4n) is 2.69. The van der Waals surface area contributed by atoms with Crippen LogP contribution in [-0.4, -0.2) is 29.0 Å². The molecule has 1 fully saturated rings. The number of rotatable bonds is 6. The van der Waals surface area contributed by atoms with Crippen molar-refractivity contribution in [2.75, 3.05) is 12.8 Å². The molecule has 0 spiro atoms. The molecular weight excluding hydrogens is 244 g/mol. The number of thioether (sulfide) groups is 1. The number of hydrogen-bond donors (Lipinski definition) is 2. The molecule has 1 amide bonds. The predicted octanol–water partition coefficient (Wildman–Crippen LogP) is 2.69. The number of hydrogen-bond acceptors (Lipinski definition) is 3. The summed E-state index contributed by atoms with van der Waals surface area (Å²) in [6.07, 6.45) is 9.32. The van der Waals surface area contributed by atoms with Crippen LogP contribution in [0.3, 0.4) is 0 Å². The molecule has 0 aromatic rings. The van der Waals surface area contributed by atoms with Crippen molar-refractivity contribution in [1.29, 1.82) is 0 Å². The Balaban J connectivity index is 2.54. The zero-order valence-electron chi connectivity index (χ0n) is 12.1. The van der Waals surface area contributed by atoms with Crippen molar-refractivity contribution in [2.24, 2.45) is 5.73 Å². The van der Waals surface area contributed by atoms with Gasteiger partial charge in [-0.2, -0.15) is 11.8 Å². The maximum atomic E-state index is 12.3. The minimum atomic E-state index is -0.607. The summed E-state index contributed by atoms with van der Waals surface area (Å²) < 4.78 is 0.167. The summed E-state index contributed by atoms with van der Waals surface area (Å²) in [4.78, 5) is 12.3. The van der Waals surface area contributed by atoms with Crippen LogP contribution in [0.2, 0.25) is 0 Å². The van der Waals surface area contributed by atoms with Gasteiger partial charge in [0.15, 0.2) is 0 Å². The fourth-order valence-corrected chi connectivity index (χ4v) is 3.48. The van der Waals surface area contributed by atoms with Gasteiger partial charge in [-0.1, -0.05) is 33.1 Å². The van der Waals surface area contributed by atoms with E-state index < -0.39 is 5.54 Å². The highest BCUT2D eigenvalue weighted by Crippen LogP contribution is 2.30. The number of nitrogens with one attached hydrogen (secondary N) is 1. The molecule has 1 rings (SSSR count). The van der Waals surface area contributed by atoms with Gasteiger partial charge < -0.3 is 11.1 Å². The van der Waals surface area contributed by atoms with E-state index in [9.17, 15) is 4.79 Å². The molecule has 0 aromatic carbocycles. The lowest BCUT2D eigenvalue weighted by atomic mass is 9.82. The quantitative estimate of drug-likeness (QED) is 0.781. The molecule has 4 heteroatoms. The molecular formula is C14H28N2OS. The monoisotopic (exact) mass is 272 g/mol. The van der Waals surface area contributed by atoms with Gasteiger partial charge in [0.25, 0.3) is 0 Å². The van der Waals surface area contributed by atoms with Crippen molar-refractivity contribution >= 4 is 17.7 Å². The number of carbonyl (C=O) groups is 1. The number of carbonyl (C=O) groups excluding carboxylic acids is 1. The molecule has 0 bridgehead atoms. The predicted molar refractivity (Wildman–Crippen MR) is 79.8 cm³/mol. The van der Waals surface area contributed by atoms with Crippen LogP contribution >= 0.6 is 11.8 Å². The van der Waals surface area contributed by atoms with Gasteiger partial charge in [0.1, 0.15) is 0 Å². The second kappa shape index (κ2) is 6.80. The first-order valence-electron chi connectivity index (χ1n) is 7.14. The smallest absolute Gasteiger partial charge is 0.240 e. The Labute approximate surface area is 116 Å². The SMILES string of the molecule is CCC(CC)(CNC(=O)C1(N)CCCCC1)SC. The molecule has 1 aliphatic carbocycles. The molecule has 0 aliphatic heterocycles. The molecule has 3 nitrogen and oxygen atoms in total. The van der Waals surface area contributed by atoms with Crippen LogP contribution in [0, 0.1) is 0 Å². The molecule has 18 heavy (non-hydrogen) atoms. The van der Waals surface area contributed by atoms with E-state index in [1.54, 1.807) is 0 Å². The minimum Gasteiger partial charge on any atom is -0.353 e. The molecule has 1 aliphatic rings. The van der Waals surface area contributed by atoms with Crippen molar-refractivity contribution in [3.05, 3.63) is 0 Å². The lowest BCUT2D eigenvalue weighted by Gasteiger charge is -2.35. The summed E-state index contributed by atoms with van der Waals surface area (Å²) >= 11 is 1.85. The van der Waals surface area contributed by atoms with Gasteiger partial charge in [-0.3, -0.25) is 4.79 Å². The molecule has 0 aromatic heterocycles. The van der Waals surface area contributed by atoms with Gasteiger partial charge in [0.05, 0.1) is 5.54 Å². The summed E-state index contributed by atoms with van der Waals surface area (Å²) in [6.45, 7) is 5.11. The first-order chi connectivity index (χ1) is 8.52. The van der Waals surface area contributed by atoms with Crippen LogP contribution in [0.15, 0.2) is 0 Å². The van der Waals surface area contributed by atoms with Crippen molar-refractivity contribution in [3.8, 4) is 0 Å². The van der Waals surface area contributed by atoms with E-state index in [4.69, 9.17) is 5.73 Å². The van der Waals surface area contributed by atoms with Gasteiger partial charge in [-0.05, 0) is 31.9 Å². The second-order valence-corrected chi connectivity index (χ2v) is 6.77. The van der Waals surface area contributed by atoms with Crippen LogP contribution in [0.5, 0.6) is 0 Å². The molecule has 1 saturated carbocycles. The van der Waals surface area contributed by atoms with Gasteiger partial charge in [-0.25, -0.2) is 0 Å². The molecule has 0 atom stereocenters. The van der Waals surface area contributed by atoms with Gasteiger partial charge >= 0.3 is 0 Å². The van der Waals surface area contributed by atoms with E-state index in [2.05, 4.69) is 25.4 Å². The standard InChI is InChI=1S/C14H28N2OS/c1-4-13(5-2,18-3)11-16-12(17)14(15)9-7-6-8-10-14/h4-11,15H2,1-3H3,(H,16,17). The third-order valence-corrected chi connectivity index (χ3v) is 6.08. The van der Waals surface area contributed by atoms with Crippen LogP contribution in [0.25, 0.3) is 0 Å². The van der Waals surface area contributed by atoms with Crippen LogP contribution in [-0.2, 0) is 4.79 Å².